The van der Waals surface area contributed by atoms with Gasteiger partial charge in [-0.05, 0) is 27.8 Å². The molecule has 0 saturated carbocycles. The van der Waals surface area contributed by atoms with Crippen LogP contribution >= 0.6 is 0 Å². The largest absolute Gasteiger partial charge is 0.461 e. The van der Waals surface area contributed by atoms with Gasteiger partial charge in [0.1, 0.15) is 0 Å². The Bertz CT molecular complexity index is 453. The van der Waals surface area contributed by atoms with Crippen molar-refractivity contribution >= 4 is 11.9 Å². The molecule has 0 radical (unpaired) electrons. The number of nitrogens with one attached hydrogen (secondary N) is 1. The molecule has 112 valence electrons. The Balaban J connectivity index is 2.25. The van der Waals surface area contributed by atoms with E-state index in [1.54, 1.807) is 0 Å². The topological polar surface area (TPSA) is 92.4 Å². The van der Waals surface area contributed by atoms with Gasteiger partial charge in [0.15, 0.2) is 0 Å². The molecular weight excluding hydrogens is 258 g/mol. The summed E-state index contributed by atoms with van der Waals surface area (Å²) < 4.78 is 5.55. The first-order valence-electron chi connectivity index (χ1n) is 6.84. The van der Waals surface area contributed by atoms with Gasteiger partial charge in [0.2, 0.25) is 11.9 Å². The Morgan fingerprint density at radius 2 is 2.05 bits per heavy atom. The molecule has 1 saturated heterocycles. The van der Waals surface area contributed by atoms with Gasteiger partial charge >= 0.3 is 6.01 Å². The highest BCUT2D eigenvalue weighted by atomic mass is 16.5. The number of hydrogen-bond acceptors (Lipinski definition) is 8. The van der Waals surface area contributed by atoms with Gasteiger partial charge in [-0.15, -0.1) is 0 Å². The highest BCUT2D eigenvalue weighted by Gasteiger charge is 2.25. The number of likely N-dealkylation sites (N-methyl/N-ethyl adjacent to an activating group) is 1. The van der Waals surface area contributed by atoms with Crippen LogP contribution < -0.4 is 20.9 Å². The van der Waals surface area contributed by atoms with Crippen LogP contribution in [0.5, 0.6) is 6.01 Å². The molecule has 0 aromatic carbocycles. The normalized spacial score (nSPS) is 20.3. The van der Waals surface area contributed by atoms with E-state index in [1.165, 1.54) is 0 Å². The van der Waals surface area contributed by atoms with Crippen LogP contribution in [-0.2, 0) is 0 Å². The minimum absolute atomic E-state index is 0.000729. The summed E-state index contributed by atoms with van der Waals surface area (Å²) in [5.41, 5.74) is 2.46. The first-order chi connectivity index (χ1) is 9.49. The second-order valence-corrected chi connectivity index (χ2v) is 5.36. The van der Waals surface area contributed by atoms with Gasteiger partial charge < -0.3 is 14.5 Å². The maximum Gasteiger partial charge on any atom is 0.323 e. The van der Waals surface area contributed by atoms with Gasteiger partial charge in [-0.1, -0.05) is 0 Å². The molecule has 1 aromatic heterocycles. The van der Waals surface area contributed by atoms with Crippen molar-refractivity contribution in [2.24, 2.45) is 5.84 Å². The summed E-state index contributed by atoms with van der Waals surface area (Å²) in [7, 11) is 2.11. The minimum Gasteiger partial charge on any atom is -0.461 e. The van der Waals surface area contributed by atoms with Crippen LogP contribution in [0, 0.1) is 0 Å². The van der Waals surface area contributed by atoms with Crippen LogP contribution in [0.1, 0.15) is 20.8 Å². The monoisotopic (exact) mass is 281 g/mol. The summed E-state index contributed by atoms with van der Waals surface area (Å²) >= 11 is 0. The molecule has 0 spiro atoms. The van der Waals surface area contributed by atoms with E-state index in [1.807, 2.05) is 13.8 Å². The van der Waals surface area contributed by atoms with E-state index in [0.29, 0.717) is 23.9 Å². The van der Waals surface area contributed by atoms with Gasteiger partial charge in [0, 0.05) is 25.7 Å². The van der Waals surface area contributed by atoms with Gasteiger partial charge in [0.05, 0.1) is 6.10 Å². The third-order valence-electron chi connectivity index (χ3n) is 3.16. The fourth-order valence-electron chi connectivity index (χ4n) is 2.24. The van der Waals surface area contributed by atoms with Crippen LogP contribution in [0.4, 0.5) is 11.9 Å². The van der Waals surface area contributed by atoms with E-state index in [4.69, 9.17) is 10.6 Å². The maximum atomic E-state index is 5.55. The number of aromatic nitrogens is 3. The lowest BCUT2D eigenvalue weighted by Crippen LogP contribution is -2.51. The fraction of sp³-hybridized carbons (Fsp3) is 0.750. The molecule has 1 aromatic rings. The molecule has 2 rings (SSSR count). The highest BCUT2D eigenvalue weighted by molar-refractivity contribution is 5.39. The molecule has 1 unspecified atom stereocenters. The lowest BCUT2D eigenvalue weighted by Gasteiger charge is -2.38. The first-order valence-corrected chi connectivity index (χ1v) is 6.84. The lowest BCUT2D eigenvalue weighted by atomic mass is 10.2. The SMILES string of the molecule is CC(C)Oc1nc(NN)nc(N2CCN(C)CC2C)n1. The minimum atomic E-state index is 0.000729. The van der Waals surface area contributed by atoms with E-state index < -0.39 is 0 Å². The predicted octanol–water partition coefficient (Wildman–Crippen LogP) is 0.0847. The average Bonchev–Trinajstić information content (AvgIpc) is 2.37. The molecule has 0 bridgehead atoms. The number of hydrogen-bond donors (Lipinski definition) is 2. The van der Waals surface area contributed by atoms with E-state index in [9.17, 15) is 0 Å². The third kappa shape index (κ3) is 3.45. The second-order valence-electron chi connectivity index (χ2n) is 5.36. The van der Waals surface area contributed by atoms with Crippen LogP contribution in [0.15, 0.2) is 0 Å². The summed E-state index contributed by atoms with van der Waals surface area (Å²) in [5.74, 6) is 6.34. The fourth-order valence-corrected chi connectivity index (χ4v) is 2.24. The van der Waals surface area contributed by atoms with Gasteiger partial charge in [0.25, 0.3) is 0 Å². The number of rotatable bonds is 4. The molecule has 1 atom stereocenters. The molecule has 8 nitrogen and oxygen atoms in total. The molecule has 8 heteroatoms. The molecule has 1 aliphatic rings. The summed E-state index contributed by atoms with van der Waals surface area (Å²) in [5, 5.41) is 0. The number of hydrazine groups is 1. The number of nitrogen functional groups attached to an aromatic ring is 1. The number of nitrogens with zero attached hydrogens (tertiary/aromatic N) is 5. The molecule has 2 heterocycles. The standard InChI is InChI=1S/C12H23N7O/c1-8(2)20-12-15-10(17-13)14-11(16-12)19-6-5-18(4)7-9(19)3/h8-9H,5-7,13H2,1-4H3,(H,14,15,16,17). The molecule has 20 heavy (non-hydrogen) atoms. The molecule has 3 N–H and O–H groups in total. The van der Waals surface area contributed by atoms with Crippen LogP contribution in [0.25, 0.3) is 0 Å². The van der Waals surface area contributed by atoms with E-state index in [-0.39, 0.29) is 6.10 Å². The van der Waals surface area contributed by atoms with Crippen molar-refractivity contribution in [1.82, 2.24) is 19.9 Å². The number of nitrogens with two attached hydrogens (primary N) is 1. The van der Waals surface area contributed by atoms with Gasteiger partial charge in [-0.25, -0.2) is 5.84 Å². The molecule has 0 amide bonds. The molecular formula is C12H23N7O. The van der Waals surface area contributed by atoms with Gasteiger partial charge in [-0.3, -0.25) is 5.43 Å². The van der Waals surface area contributed by atoms with Crippen LogP contribution in [0.3, 0.4) is 0 Å². The summed E-state index contributed by atoms with van der Waals surface area (Å²) in [6.07, 6.45) is 0.000729. The molecule has 0 aliphatic carbocycles. The smallest absolute Gasteiger partial charge is 0.323 e. The van der Waals surface area contributed by atoms with Crippen molar-refractivity contribution in [3.8, 4) is 6.01 Å². The zero-order valence-electron chi connectivity index (χ0n) is 12.5. The predicted molar refractivity (Wildman–Crippen MR) is 77.7 cm³/mol. The highest BCUT2D eigenvalue weighted by Crippen LogP contribution is 2.19. The summed E-state index contributed by atoms with van der Waals surface area (Å²) in [6, 6.07) is 0.623. The van der Waals surface area contributed by atoms with Crippen molar-refractivity contribution in [2.75, 3.05) is 37.0 Å². The molecule has 1 aliphatic heterocycles. The van der Waals surface area contributed by atoms with Crippen molar-refractivity contribution in [3.63, 3.8) is 0 Å². The average molecular weight is 281 g/mol. The lowest BCUT2D eigenvalue weighted by molar-refractivity contribution is 0.221. The Morgan fingerprint density at radius 1 is 1.30 bits per heavy atom. The maximum absolute atomic E-state index is 5.55. The van der Waals surface area contributed by atoms with E-state index in [0.717, 1.165) is 19.6 Å². The second kappa shape index (κ2) is 6.19. The number of piperazine rings is 1. The van der Waals surface area contributed by atoms with Crippen molar-refractivity contribution in [3.05, 3.63) is 0 Å². The van der Waals surface area contributed by atoms with Crippen molar-refractivity contribution in [1.29, 1.82) is 0 Å². The first kappa shape index (κ1) is 14.7. The zero-order chi connectivity index (χ0) is 14.7. The van der Waals surface area contributed by atoms with E-state index in [2.05, 4.69) is 44.1 Å². The summed E-state index contributed by atoms with van der Waals surface area (Å²) in [6.45, 7) is 8.82. The zero-order valence-corrected chi connectivity index (χ0v) is 12.5. The molecule has 1 fully saturated rings. The van der Waals surface area contributed by atoms with Gasteiger partial charge in [-0.2, -0.15) is 15.0 Å². The third-order valence-corrected chi connectivity index (χ3v) is 3.16. The summed E-state index contributed by atoms with van der Waals surface area (Å²) in [4.78, 5) is 17.3. The number of anilines is 2. The number of ether oxygens (including phenoxy) is 1. The van der Waals surface area contributed by atoms with E-state index >= 15 is 0 Å². The Labute approximate surface area is 119 Å². The Morgan fingerprint density at radius 3 is 2.65 bits per heavy atom. The van der Waals surface area contributed by atoms with Crippen molar-refractivity contribution < 1.29 is 4.74 Å². The Hall–Kier alpha value is -1.67. The van der Waals surface area contributed by atoms with Crippen molar-refractivity contribution in [2.45, 2.75) is 32.9 Å². The van der Waals surface area contributed by atoms with Crippen LogP contribution in [-0.4, -0.2) is 58.7 Å². The van der Waals surface area contributed by atoms with Crippen LogP contribution in [0.2, 0.25) is 0 Å². The quantitative estimate of drug-likeness (QED) is 0.592. The Kier molecular flexibility index (Phi) is 4.56.